The zero-order valence-corrected chi connectivity index (χ0v) is 12.3. The standard InChI is InChI=1S/C17H27NO/c1-14(2)11-12-18(16-8-4-5-9-16)13-15-7-3-6-10-17(15)19/h3,6-7,10,14,16,19H,4-5,8-9,11-13H2,1-2H3. The monoisotopic (exact) mass is 261 g/mol. The number of rotatable bonds is 6. The Bertz CT molecular complexity index is 383. The van der Waals surface area contributed by atoms with Crippen molar-refractivity contribution in [2.45, 2.75) is 58.5 Å². The van der Waals surface area contributed by atoms with Crippen LogP contribution in [0.5, 0.6) is 5.75 Å². The first-order valence-corrected chi connectivity index (χ1v) is 7.67. The molecule has 106 valence electrons. The Morgan fingerprint density at radius 1 is 1.21 bits per heavy atom. The zero-order valence-electron chi connectivity index (χ0n) is 12.3. The lowest BCUT2D eigenvalue weighted by Gasteiger charge is -2.29. The van der Waals surface area contributed by atoms with Gasteiger partial charge >= 0.3 is 0 Å². The topological polar surface area (TPSA) is 23.5 Å². The van der Waals surface area contributed by atoms with Crippen LogP contribution in [0.2, 0.25) is 0 Å². The van der Waals surface area contributed by atoms with Gasteiger partial charge in [-0.1, -0.05) is 44.9 Å². The van der Waals surface area contributed by atoms with Crippen molar-refractivity contribution in [3.63, 3.8) is 0 Å². The van der Waals surface area contributed by atoms with Crippen LogP contribution in [0.15, 0.2) is 24.3 Å². The third-order valence-corrected chi connectivity index (χ3v) is 4.20. The fraction of sp³-hybridized carbons (Fsp3) is 0.647. The average Bonchev–Trinajstić information content (AvgIpc) is 2.90. The fourth-order valence-corrected chi connectivity index (χ4v) is 2.95. The molecular weight excluding hydrogens is 234 g/mol. The summed E-state index contributed by atoms with van der Waals surface area (Å²) in [7, 11) is 0. The lowest BCUT2D eigenvalue weighted by molar-refractivity contribution is 0.178. The Balaban J connectivity index is 2.02. The summed E-state index contributed by atoms with van der Waals surface area (Å²) >= 11 is 0. The minimum atomic E-state index is 0.440. The van der Waals surface area contributed by atoms with Gasteiger partial charge < -0.3 is 5.11 Å². The number of hydrogen-bond donors (Lipinski definition) is 1. The van der Waals surface area contributed by atoms with E-state index in [9.17, 15) is 5.11 Å². The molecule has 0 aromatic heterocycles. The zero-order chi connectivity index (χ0) is 13.7. The highest BCUT2D eigenvalue weighted by Crippen LogP contribution is 2.27. The molecular formula is C17H27NO. The van der Waals surface area contributed by atoms with Gasteiger partial charge in [0.15, 0.2) is 0 Å². The molecule has 0 aliphatic heterocycles. The molecule has 2 rings (SSSR count). The molecule has 1 aliphatic carbocycles. The summed E-state index contributed by atoms with van der Waals surface area (Å²) in [6.07, 6.45) is 6.62. The number of phenols is 1. The smallest absolute Gasteiger partial charge is 0.120 e. The first-order valence-electron chi connectivity index (χ1n) is 7.67. The molecule has 1 aromatic rings. The largest absolute Gasteiger partial charge is 0.508 e. The molecule has 1 fully saturated rings. The second-order valence-electron chi connectivity index (χ2n) is 6.22. The van der Waals surface area contributed by atoms with E-state index < -0.39 is 0 Å². The van der Waals surface area contributed by atoms with Gasteiger partial charge in [-0.25, -0.2) is 0 Å². The van der Waals surface area contributed by atoms with Gasteiger partial charge in [0, 0.05) is 18.2 Å². The molecule has 1 aliphatic rings. The van der Waals surface area contributed by atoms with Gasteiger partial charge in [-0.05, 0) is 37.8 Å². The van der Waals surface area contributed by atoms with E-state index in [1.165, 1.54) is 32.1 Å². The van der Waals surface area contributed by atoms with Crippen LogP contribution in [0, 0.1) is 5.92 Å². The average molecular weight is 261 g/mol. The highest BCUT2D eigenvalue weighted by atomic mass is 16.3. The van der Waals surface area contributed by atoms with Crippen LogP contribution in [-0.4, -0.2) is 22.6 Å². The van der Waals surface area contributed by atoms with Gasteiger partial charge in [0.05, 0.1) is 0 Å². The lowest BCUT2D eigenvalue weighted by atomic mass is 10.1. The summed E-state index contributed by atoms with van der Waals surface area (Å²) in [6.45, 7) is 6.61. The Morgan fingerprint density at radius 3 is 2.53 bits per heavy atom. The lowest BCUT2D eigenvalue weighted by Crippen LogP contribution is -2.34. The van der Waals surface area contributed by atoms with Crippen molar-refractivity contribution < 1.29 is 5.11 Å². The van der Waals surface area contributed by atoms with Crippen molar-refractivity contribution in [3.8, 4) is 5.75 Å². The summed E-state index contributed by atoms with van der Waals surface area (Å²) in [4.78, 5) is 2.59. The van der Waals surface area contributed by atoms with Gasteiger partial charge in [-0.3, -0.25) is 4.90 Å². The minimum absolute atomic E-state index is 0.440. The summed E-state index contributed by atoms with van der Waals surface area (Å²) in [6, 6.07) is 8.48. The molecule has 0 spiro atoms. The number of benzene rings is 1. The van der Waals surface area contributed by atoms with E-state index in [0.717, 1.165) is 30.6 Å². The Morgan fingerprint density at radius 2 is 1.89 bits per heavy atom. The molecule has 0 atom stereocenters. The minimum Gasteiger partial charge on any atom is -0.508 e. The number of para-hydroxylation sites is 1. The normalized spacial score (nSPS) is 16.6. The van der Waals surface area contributed by atoms with Crippen molar-refractivity contribution >= 4 is 0 Å². The van der Waals surface area contributed by atoms with E-state index in [-0.39, 0.29) is 0 Å². The van der Waals surface area contributed by atoms with Gasteiger partial charge in [-0.15, -0.1) is 0 Å². The van der Waals surface area contributed by atoms with Gasteiger partial charge in [-0.2, -0.15) is 0 Å². The van der Waals surface area contributed by atoms with Crippen molar-refractivity contribution in [1.82, 2.24) is 4.90 Å². The number of nitrogens with zero attached hydrogens (tertiary/aromatic N) is 1. The molecule has 0 amide bonds. The molecule has 0 heterocycles. The summed E-state index contributed by atoms with van der Waals surface area (Å²) in [5, 5.41) is 9.95. The maximum atomic E-state index is 9.95. The van der Waals surface area contributed by atoms with Gasteiger partial charge in [0.25, 0.3) is 0 Å². The molecule has 2 heteroatoms. The van der Waals surface area contributed by atoms with Gasteiger partial charge in [0.2, 0.25) is 0 Å². The number of hydrogen-bond acceptors (Lipinski definition) is 2. The molecule has 0 unspecified atom stereocenters. The van der Waals surface area contributed by atoms with Crippen LogP contribution in [0.4, 0.5) is 0 Å². The third kappa shape index (κ3) is 4.24. The summed E-state index contributed by atoms with van der Waals surface area (Å²) < 4.78 is 0. The van der Waals surface area contributed by atoms with Crippen LogP contribution in [0.3, 0.4) is 0 Å². The first kappa shape index (κ1) is 14.4. The Hall–Kier alpha value is -1.02. The summed E-state index contributed by atoms with van der Waals surface area (Å²) in [5.74, 6) is 1.18. The van der Waals surface area contributed by atoms with Crippen molar-refractivity contribution in [2.24, 2.45) is 5.92 Å². The maximum Gasteiger partial charge on any atom is 0.120 e. The second-order valence-corrected chi connectivity index (χ2v) is 6.22. The molecule has 0 bridgehead atoms. The highest BCUT2D eigenvalue weighted by Gasteiger charge is 2.23. The summed E-state index contributed by atoms with van der Waals surface area (Å²) in [5.41, 5.74) is 1.07. The SMILES string of the molecule is CC(C)CCN(Cc1ccccc1O)C1CCCC1. The predicted octanol–water partition coefficient (Wildman–Crippen LogP) is 4.18. The van der Waals surface area contributed by atoms with E-state index in [1.54, 1.807) is 6.07 Å². The maximum absolute atomic E-state index is 9.95. The number of aromatic hydroxyl groups is 1. The van der Waals surface area contributed by atoms with Crippen LogP contribution >= 0.6 is 0 Å². The predicted molar refractivity (Wildman–Crippen MR) is 80.2 cm³/mol. The first-order chi connectivity index (χ1) is 9.16. The van der Waals surface area contributed by atoms with Crippen LogP contribution in [0.25, 0.3) is 0 Å². The quantitative estimate of drug-likeness (QED) is 0.830. The van der Waals surface area contributed by atoms with E-state index in [2.05, 4.69) is 18.7 Å². The van der Waals surface area contributed by atoms with Crippen molar-refractivity contribution in [2.75, 3.05) is 6.54 Å². The Kier molecular flexibility index (Phi) is 5.26. The van der Waals surface area contributed by atoms with Crippen molar-refractivity contribution in [3.05, 3.63) is 29.8 Å². The molecule has 2 nitrogen and oxygen atoms in total. The number of phenolic OH excluding ortho intramolecular Hbond substituents is 1. The molecule has 1 N–H and O–H groups in total. The van der Waals surface area contributed by atoms with E-state index in [1.807, 2.05) is 18.2 Å². The Labute approximate surface area is 117 Å². The molecule has 1 saturated carbocycles. The molecule has 0 radical (unpaired) electrons. The van der Waals surface area contributed by atoms with Crippen LogP contribution in [0.1, 0.15) is 51.5 Å². The third-order valence-electron chi connectivity index (χ3n) is 4.20. The van der Waals surface area contributed by atoms with Crippen molar-refractivity contribution in [1.29, 1.82) is 0 Å². The van der Waals surface area contributed by atoms with Crippen LogP contribution < -0.4 is 0 Å². The van der Waals surface area contributed by atoms with E-state index in [4.69, 9.17) is 0 Å². The second kappa shape index (κ2) is 6.95. The molecule has 19 heavy (non-hydrogen) atoms. The van der Waals surface area contributed by atoms with E-state index >= 15 is 0 Å². The molecule has 1 aromatic carbocycles. The van der Waals surface area contributed by atoms with Gasteiger partial charge in [0.1, 0.15) is 5.75 Å². The fourth-order valence-electron chi connectivity index (χ4n) is 2.95. The van der Waals surface area contributed by atoms with Crippen LogP contribution in [-0.2, 0) is 6.54 Å². The highest BCUT2D eigenvalue weighted by molar-refractivity contribution is 5.31. The van der Waals surface area contributed by atoms with E-state index in [0.29, 0.717) is 5.75 Å². The molecule has 0 saturated heterocycles.